The summed E-state index contributed by atoms with van der Waals surface area (Å²) in [6, 6.07) is 0. The highest BCUT2D eigenvalue weighted by molar-refractivity contribution is 6.35. The Balaban J connectivity index is 3.00. The van der Waals surface area contributed by atoms with E-state index in [1.807, 2.05) is 13.8 Å². The molecule has 1 aliphatic heterocycles. The Morgan fingerprint density at radius 3 is 2.21 bits per heavy atom. The van der Waals surface area contributed by atoms with Crippen molar-refractivity contribution in [2.45, 2.75) is 109 Å². The summed E-state index contributed by atoms with van der Waals surface area (Å²) in [5.41, 5.74) is -0.772. The molecule has 0 aliphatic carbocycles. The van der Waals surface area contributed by atoms with E-state index in [1.165, 1.54) is 0 Å². The van der Waals surface area contributed by atoms with E-state index in [1.54, 1.807) is 6.92 Å². The summed E-state index contributed by atoms with van der Waals surface area (Å²) in [5, 5.41) is 7.73. The van der Waals surface area contributed by atoms with Crippen LogP contribution in [0.25, 0.3) is 0 Å². The number of unbranched alkanes of at least 4 members (excludes halogenated alkanes) is 3. The van der Waals surface area contributed by atoms with E-state index >= 15 is 8.78 Å². The van der Waals surface area contributed by atoms with Crippen molar-refractivity contribution in [3.63, 3.8) is 0 Å². The molecule has 4 atom stereocenters. The highest BCUT2D eigenvalue weighted by Crippen LogP contribution is 2.36. The maximum atomic E-state index is 15.2. The van der Waals surface area contributed by atoms with Gasteiger partial charge in [-0.1, -0.05) is 40.0 Å². The normalized spacial score (nSPS) is 23.5. The number of hydrogen-bond donors (Lipinski definition) is 1. The molecule has 194 valence electrons. The van der Waals surface area contributed by atoms with Crippen molar-refractivity contribution in [3.05, 3.63) is 0 Å². The smallest absolute Gasteiger partial charge is 0.352 e. The quantitative estimate of drug-likeness (QED) is 0.170. The summed E-state index contributed by atoms with van der Waals surface area (Å²) in [5.74, 6) is -4.48. The van der Waals surface area contributed by atoms with Crippen LogP contribution in [0.4, 0.5) is 8.78 Å². The minimum atomic E-state index is -3.44. The first-order valence-corrected chi connectivity index (χ1v) is 12.4. The van der Waals surface area contributed by atoms with Crippen LogP contribution in [0.5, 0.6) is 0 Å². The number of carbonyl (C=O) groups excluding carboxylic acids is 1. The van der Waals surface area contributed by atoms with Crippen LogP contribution in [-0.4, -0.2) is 75.1 Å². The maximum Gasteiger partial charge on any atom is 0.352 e. The van der Waals surface area contributed by atoms with E-state index in [0.29, 0.717) is 19.8 Å². The maximum absolute atomic E-state index is 15.2. The number of carbonyl (C=O) groups is 1. The second-order valence-electron chi connectivity index (χ2n) is 8.42. The fraction of sp³-hybridized carbons (Fsp3) is 0.917. The topological polar surface area (TPSA) is 87.1 Å². The Bertz CT molecular complexity index is 563. The van der Waals surface area contributed by atoms with Gasteiger partial charge in [-0.05, 0) is 26.2 Å². The second kappa shape index (κ2) is 16.5. The molecule has 0 unspecified atom stereocenters. The number of rotatable bonds is 18. The lowest BCUT2D eigenvalue weighted by Crippen LogP contribution is -2.57. The zero-order valence-corrected chi connectivity index (χ0v) is 20.7. The number of nitrogens with one attached hydrogen (secondary N) is 1. The van der Waals surface area contributed by atoms with E-state index in [4.69, 9.17) is 29.1 Å². The van der Waals surface area contributed by atoms with Crippen LogP contribution in [0.1, 0.15) is 79.1 Å². The van der Waals surface area contributed by atoms with Gasteiger partial charge in [0.05, 0.1) is 25.7 Å². The van der Waals surface area contributed by atoms with E-state index in [9.17, 15) is 4.79 Å². The molecule has 0 spiro atoms. The largest absolute Gasteiger partial charge is 0.462 e. The number of ether oxygens (including phenoxy) is 5. The summed E-state index contributed by atoms with van der Waals surface area (Å²) in [6.07, 6.45) is 0.842. The van der Waals surface area contributed by atoms with Gasteiger partial charge >= 0.3 is 5.97 Å². The molecule has 0 aromatic carbocycles. The molecular weight excluding hydrogens is 436 g/mol. The average Bonchev–Trinajstić information content (AvgIpc) is 2.77. The van der Waals surface area contributed by atoms with Crippen molar-refractivity contribution in [1.82, 2.24) is 0 Å². The molecule has 0 saturated carbocycles. The minimum Gasteiger partial charge on any atom is -0.462 e. The summed E-state index contributed by atoms with van der Waals surface area (Å²) in [7, 11) is 0. The van der Waals surface area contributed by atoms with E-state index in [-0.39, 0.29) is 19.6 Å². The van der Waals surface area contributed by atoms with Crippen LogP contribution in [0.15, 0.2) is 0 Å². The van der Waals surface area contributed by atoms with Crippen molar-refractivity contribution in [2.75, 3.05) is 33.0 Å². The predicted octanol–water partition coefficient (Wildman–Crippen LogP) is 4.94. The zero-order valence-electron chi connectivity index (χ0n) is 20.7. The summed E-state index contributed by atoms with van der Waals surface area (Å²) >= 11 is 0. The monoisotopic (exact) mass is 479 g/mol. The van der Waals surface area contributed by atoms with Gasteiger partial charge in [-0.2, -0.15) is 0 Å². The van der Waals surface area contributed by atoms with Gasteiger partial charge in [-0.3, -0.25) is 5.41 Å². The Morgan fingerprint density at radius 2 is 1.61 bits per heavy atom. The molecule has 1 fully saturated rings. The fourth-order valence-electron chi connectivity index (χ4n) is 3.54. The highest BCUT2D eigenvalue weighted by atomic mass is 19.3. The molecule has 1 rings (SSSR count). The molecule has 0 bridgehead atoms. The SMILES string of the molecule is CCCCOC[C@H]1O[C@@H](C(F)(F)CC(=N)C(=O)OCC)C[C@@H](OCCCC)[C@H]1OCCCC. The van der Waals surface area contributed by atoms with Crippen molar-refractivity contribution < 1.29 is 37.3 Å². The third kappa shape index (κ3) is 10.8. The molecule has 0 aromatic heterocycles. The third-order valence-corrected chi connectivity index (χ3v) is 5.49. The number of alkyl halides is 2. The van der Waals surface area contributed by atoms with Gasteiger partial charge in [-0.25, -0.2) is 13.6 Å². The molecule has 1 N–H and O–H groups in total. The lowest BCUT2D eigenvalue weighted by Gasteiger charge is -2.43. The van der Waals surface area contributed by atoms with Crippen LogP contribution in [0.3, 0.4) is 0 Å². The Hall–Kier alpha value is -1.16. The molecular formula is C24H43F2NO6. The number of halogens is 2. The molecule has 0 aromatic rings. The van der Waals surface area contributed by atoms with Crippen molar-refractivity contribution in [1.29, 1.82) is 5.41 Å². The second-order valence-corrected chi connectivity index (χ2v) is 8.42. The van der Waals surface area contributed by atoms with Crippen LogP contribution in [0.2, 0.25) is 0 Å². The van der Waals surface area contributed by atoms with Crippen LogP contribution in [-0.2, 0) is 28.5 Å². The van der Waals surface area contributed by atoms with Gasteiger partial charge in [0.25, 0.3) is 5.92 Å². The summed E-state index contributed by atoms with van der Waals surface area (Å²) < 4.78 is 58.6. The fourth-order valence-corrected chi connectivity index (χ4v) is 3.54. The van der Waals surface area contributed by atoms with Crippen LogP contribution < -0.4 is 0 Å². The average molecular weight is 480 g/mol. The minimum absolute atomic E-state index is 0.0218. The zero-order chi connectivity index (χ0) is 24.7. The van der Waals surface area contributed by atoms with E-state index < -0.39 is 48.4 Å². The summed E-state index contributed by atoms with van der Waals surface area (Å²) in [4.78, 5) is 11.7. The number of hydrogen-bond acceptors (Lipinski definition) is 7. The molecule has 0 amide bonds. The lowest BCUT2D eigenvalue weighted by molar-refractivity contribution is -0.256. The third-order valence-electron chi connectivity index (χ3n) is 5.49. The van der Waals surface area contributed by atoms with Gasteiger partial charge < -0.3 is 23.7 Å². The van der Waals surface area contributed by atoms with E-state index in [0.717, 1.165) is 38.5 Å². The molecule has 1 aliphatic rings. The first-order chi connectivity index (χ1) is 15.8. The summed E-state index contributed by atoms with van der Waals surface area (Å²) in [6.45, 7) is 9.26. The van der Waals surface area contributed by atoms with Crippen LogP contribution in [0, 0.1) is 5.41 Å². The first-order valence-electron chi connectivity index (χ1n) is 12.4. The molecule has 9 heteroatoms. The van der Waals surface area contributed by atoms with E-state index in [2.05, 4.69) is 6.92 Å². The first kappa shape index (κ1) is 29.9. The van der Waals surface area contributed by atoms with Crippen molar-refractivity contribution >= 4 is 11.7 Å². The number of esters is 1. The highest BCUT2D eigenvalue weighted by Gasteiger charge is 2.51. The standard InChI is InChI=1S/C24H43F2NO6/c1-5-9-12-29-17-20-22(32-14-11-7-3)19(31-13-10-6-2)15-21(33-20)24(25,26)16-18(27)23(28)30-8-4/h19-22,27H,5-17H2,1-4H3/t19-,20-,21-,22-/m1/s1. The predicted molar refractivity (Wildman–Crippen MR) is 122 cm³/mol. The molecule has 7 nitrogen and oxygen atoms in total. The van der Waals surface area contributed by atoms with Gasteiger partial charge in [0, 0.05) is 26.2 Å². The molecule has 1 saturated heterocycles. The lowest BCUT2D eigenvalue weighted by atomic mass is 9.92. The van der Waals surface area contributed by atoms with Gasteiger partial charge in [-0.15, -0.1) is 0 Å². The molecule has 0 radical (unpaired) electrons. The molecule has 33 heavy (non-hydrogen) atoms. The van der Waals surface area contributed by atoms with Crippen molar-refractivity contribution in [2.24, 2.45) is 0 Å². The Kier molecular flexibility index (Phi) is 14.9. The van der Waals surface area contributed by atoms with Gasteiger partial charge in [0.15, 0.2) is 0 Å². The van der Waals surface area contributed by atoms with Crippen molar-refractivity contribution in [3.8, 4) is 0 Å². The Labute approximate surface area is 197 Å². The van der Waals surface area contributed by atoms with Gasteiger partial charge in [0.2, 0.25) is 0 Å². The Morgan fingerprint density at radius 1 is 1.00 bits per heavy atom. The molecule has 1 heterocycles. The van der Waals surface area contributed by atoms with Gasteiger partial charge in [0.1, 0.15) is 24.0 Å². The van der Waals surface area contributed by atoms with Crippen LogP contribution >= 0.6 is 0 Å².